The number of carbonyl (C=O) groups excluding carboxylic acids is 1. The van der Waals surface area contributed by atoms with E-state index >= 15 is 0 Å². The quantitative estimate of drug-likeness (QED) is 0.432. The van der Waals surface area contributed by atoms with Crippen LogP contribution in [0.5, 0.6) is 5.75 Å². The first-order valence-corrected chi connectivity index (χ1v) is 7.03. The summed E-state index contributed by atoms with van der Waals surface area (Å²) in [5.74, 6) is 0.672. The summed E-state index contributed by atoms with van der Waals surface area (Å²) in [6, 6.07) is 1.48. The van der Waals surface area contributed by atoms with E-state index in [-0.39, 0.29) is 19.0 Å². The molecule has 1 rings (SSSR count). The number of hydrogen-bond acceptors (Lipinski definition) is 6. The molecule has 0 aliphatic rings. The van der Waals surface area contributed by atoms with Crippen LogP contribution >= 0.6 is 7.60 Å². The Bertz CT molecular complexity index is 426. The third-order valence-corrected chi connectivity index (χ3v) is 3.48. The summed E-state index contributed by atoms with van der Waals surface area (Å²) in [4.78, 5) is 11.4. The standard InChI is InChI=1S/C11H15O6P/c1-3-15-18(13,16-4-2)8-6-11(12)17-10-5-7-14-9-10/h5-9H,3-4H2,1-2H3. The molecule has 1 aromatic rings. The maximum Gasteiger partial charge on any atom is 0.354 e. The summed E-state index contributed by atoms with van der Waals surface area (Å²) in [7, 11) is -3.37. The van der Waals surface area contributed by atoms with Gasteiger partial charge in [0.2, 0.25) is 0 Å². The summed E-state index contributed by atoms with van der Waals surface area (Å²) in [6.07, 6.45) is 3.66. The van der Waals surface area contributed by atoms with Crippen molar-refractivity contribution in [2.45, 2.75) is 13.8 Å². The van der Waals surface area contributed by atoms with Crippen molar-refractivity contribution in [1.82, 2.24) is 0 Å². The number of hydrogen-bond donors (Lipinski definition) is 0. The lowest BCUT2D eigenvalue weighted by atomic mass is 10.6. The topological polar surface area (TPSA) is 75.0 Å². The predicted octanol–water partition coefficient (Wildman–Crippen LogP) is 2.96. The Morgan fingerprint density at radius 3 is 2.56 bits per heavy atom. The van der Waals surface area contributed by atoms with Gasteiger partial charge in [-0.1, -0.05) is 0 Å². The fourth-order valence-corrected chi connectivity index (χ4v) is 2.37. The fourth-order valence-electron chi connectivity index (χ4n) is 1.10. The Morgan fingerprint density at radius 1 is 1.39 bits per heavy atom. The highest BCUT2D eigenvalue weighted by atomic mass is 31.2. The average molecular weight is 274 g/mol. The van der Waals surface area contributed by atoms with E-state index in [1.165, 1.54) is 18.6 Å². The highest BCUT2D eigenvalue weighted by Gasteiger charge is 2.19. The van der Waals surface area contributed by atoms with Crippen LogP contribution < -0.4 is 4.74 Å². The molecule has 0 N–H and O–H groups in total. The zero-order chi connectivity index (χ0) is 13.4. The Labute approximate surface area is 105 Å². The molecule has 0 amide bonds. The smallest absolute Gasteiger partial charge is 0.354 e. The van der Waals surface area contributed by atoms with Gasteiger partial charge in [0.05, 0.1) is 19.5 Å². The van der Waals surface area contributed by atoms with Gasteiger partial charge in [-0.25, -0.2) is 4.79 Å². The maximum atomic E-state index is 12.0. The molecule has 0 saturated carbocycles. The van der Waals surface area contributed by atoms with Gasteiger partial charge in [-0.3, -0.25) is 4.57 Å². The van der Waals surface area contributed by atoms with Crippen LogP contribution in [0.25, 0.3) is 0 Å². The van der Waals surface area contributed by atoms with Crippen LogP contribution in [0.3, 0.4) is 0 Å². The highest BCUT2D eigenvalue weighted by molar-refractivity contribution is 7.57. The lowest BCUT2D eigenvalue weighted by Crippen LogP contribution is -2.03. The largest absolute Gasteiger partial charge is 0.469 e. The SMILES string of the molecule is CCOP(=O)(C=CC(=O)Oc1ccoc1)OCC. The van der Waals surface area contributed by atoms with Crippen molar-refractivity contribution in [3.63, 3.8) is 0 Å². The molecule has 0 saturated heterocycles. The molecule has 100 valence electrons. The van der Waals surface area contributed by atoms with Gasteiger partial charge in [0.1, 0.15) is 6.26 Å². The molecule has 0 aliphatic carbocycles. The second-order valence-electron chi connectivity index (χ2n) is 3.07. The van der Waals surface area contributed by atoms with Crippen LogP contribution in [0.4, 0.5) is 0 Å². The molecule has 0 bridgehead atoms. The Hall–Kier alpha value is -1.36. The van der Waals surface area contributed by atoms with Crippen molar-refractivity contribution < 1.29 is 27.6 Å². The lowest BCUT2D eigenvalue weighted by molar-refractivity contribution is -0.129. The normalized spacial score (nSPS) is 11.9. The van der Waals surface area contributed by atoms with E-state index in [0.717, 1.165) is 11.9 Å². The molecule has 0 spiro atoms. The first kappa shape index (κ1) is 14.7. The van der Waals surface area contributed by atoms with Crippen LogP contribution in [-0.4, -0.2) is 19.2 Å². The highest BCUT2D eigenvalue weighted by Crippen LogP contribution is 2.49. The van der Waals surface area contributed by atoms with Crippen molar-refractivity contribution >= 4 is 13.6 Å². The van der Waals surface area contributed by atoms with Crippen molar-refractivity contribution in [2.75, 3.05) is 13.2 Å². The van der Waals surface area contributed by atoms with Crippen molar-refractivity contribution in [3.05, 3.63) is 30.5 Å². The molecule has 6 nitrogen and oxygen atoms in total. The average Bonchev–Trinajstić information content (AvgIpc) is 2.80. The third kappa shape index (κ3) is 4.87. The zero-order valence-corrected chi connectivity index (χ0v) is 11.1. The molecule has 0 unspecified atom stereocenters. The summed E-state index contributed by atoms with van der Waals surface area (Å²) in [5.41, 5.74) is 0. The molecule has 1 aromatic heterocycles. The van der Waals surface area contributed by atoms with Crippen LogP contribution in [0.1, 0.15) is 13.8 Å². The molecule has 0 fully saturated rings. The zero-order valence-electron chi connectivity index (χ0n) is 10.2. The number of esters is 1. The van der Waals surface area contributed by atoms with E-state index < -0.39 is 13.6 Å². The predicted molar refractivity (Wildman–Crippen MR) is 64.3 cm³/mol. The van der Waals surface area contributed by atoms with Crippen LogP contribution in [0.15, 0.2) is 34.9 Å². The van der Waals surface area contributed by atoms with Gasteiger partial charge in [-0.15, -0.1) is 0 Å². The maximum absolute atomic E-state index is 12.0. The van der Waals surface area contributed by atoms with Gasteiger partial charge in [0, 0.05) is 18.0 Å². The Kier molecular flexibility index (Phi) is 5.85. The Balaban J connectivity index is 2.60. The minimum Gasteiger partial charge on any atom is -0.469 e. The van der Waals surface area contributed by atoms with Gasteiger partial charge < -0.3 is 18.2 Å². The minimum atomic E-state index is -3.37. The van der Waals surface area contributed by atoms with E-state index in [2.05, 4.69) is 0 Å². The number of carbonyl (C=O) groups is 1. The van der Waals surface area contributed by atoms with E-state index in [1.54, 1.807) is 13.8 Å². The lowest BCUT2D eigenvalue weighted by Gasteiger charge is -2.12. The first-order valence-electron chi connectivity index (χ1n) is 5.41. The van der Waals surface area contributed by atoms with Crippen LogP contribution in [0, 0.1) is 0 Å². The summed E-state index contributed by atoms with van der Waals surface area (Å²) < 4.78 is 31.5. The minimum absolute atomic E-state index is 0.221. The molecule has 1 heterocycles. The molecule has 0 radical (unpaired) electrons. The molecular formula is C11H15O6P. The van der Waals surface area contributed by atoms with Gasteiger partial charge in [-0.05, 0) is 13.8 Å². The summed E-state index contributed by atoms with van der Waals surface area (Å²) >= 11 is 0. The van der Waals surface area contributed by atoms with Gasteiger partial charge in [-0.2, -0.15) is 0 Å². The van der Waals surface area contributed by atoms with E-state index in [4.69, 9.17) is 18.2 Å². The fraction of sp³-hybridized carbons (Fsp3) is 0.364. The summed E-state index contributed by atoms with van der Waals surface area (Å²) in [5, 5.41) is 0. The monoisotopic (exact) mass is 274 g/mol. The summed E-state index contributed by atoms with van der Waals surface area (Å²) in [6.45, 7) is 3.81. The van der Waals surface area contributed by atoms with E-state index in [0.29, 0.717) is 0 Å². The van der Waals surface area contributed by atoms with Crippen molar-refractivity contribution in [2.24, 2.45) is 0 Å². The third-order valence-electron chi connectivity index (χ3n) is 1.72. The Morgan fingerprint density at radius 2 is 2.06 bits per heavy atom. The van der Waals surface area contributed by atoms with Crippen LogP contribution in [0.2, 0.25) is 0 Å². The van der Waals surface area contributed by atoms with Crippen molar-refractivity contribution in [3.8, 4) is 5.75 Å². The molecule has 0 atom stereocenters. The van der Waals surface area contributed by atoms with E-state index in [1.807, 2.05) is 0 Å². The van der Waals surface area contributed by atoms with Gasteiger partial charge in [0.25, 0.3) is 0 Å². The van der Waals surface area contributed by atoms with Gasteiger partial charge in [0.15, 0.2) is 5.75 Å². The van der Waals surface area contributed by atoms with Gasteiger partial charge >= 0.3 is 13.6 Å². The first-order chi connectivity index (χ1) is 8.59. The van der Waals surface area contributed by atoms with Crippen LogP contribution in [-0.2, 0) is 18.4 Å². The number of rotatable bonds is 7. The number of furan rings is 1. The molecule has 0 aliphatic heterocycles. The molecular weight excluding hydrogens is 259 g/mol. The molecule has 0 aromatic carbocycles. The molecule has 7 heteroatoms. The van der Waals surface area contributed by atoms with Crippen molar-refractivity contribution in [1.29, 1.82) is 0 Å². The second kappa shape index (κ2) is 7.16. The molecule has 18 heavy (non-hydrogen) atoms. The second-order valence-corrected chi connectivity index (χ2v) is 4.97. The van der Waals surface area contributed by atoms with E-state index in [9.17, 15) is 9.36 Å². The number of ether oxygens (including phenoxy) is 1.